The van der Waals surface area contributed by atoms with Crippen LogP contribution in [0, 0.1) is 11.8 Å². The zero-order chi connectivity index (χ0) is 20.3. The third-order valence-electron chi connectivity index (χ3n) is 6.45. The third kappa shape index (κ3) is 7.17. The minimum absolute atomic E-state index is 0.770. The maximum Gasteiger partial charge on any atom is 0.137 e. The van der Waals surface area contributed by atoms with E-state index in [2.05, 4.69) is 49.2 Å². The summed E-state index contributed by atoms with van der Waals surface area (Å²) in [5, 5.41) is 0. The highest BCUT2D eigenvalue weighted by molar-refractivity contribution is 5.59. The number of hydrogen-bond donors (Lipinski definition) is 0. The van der Waals surface area contributed by atoms with Gasteiger partial charge < -0.3 is 4.74 Å². The van der Waals surface area contributed by atoms with E-state index in [9.17, 15) is 0 Å². The molecule has 0 aliphatic heterocycles. The van der Waals surface area contributed by atoms with E-state index in [1.807, 2.05) is 12.3 Å². The first-order valence-corrected chi connectivity index (χ1v) is 12.0. The van der Waals surface area contributed by atoms with Crippen LogP contribution < -0.4 is 4.74 Å². The lowest BCUT2D eigenvalue weighted by molar-refractivity contribution is 0.241. The molecular formula is C27H39NO. The molecule has 0 saturated heterocycles. The Balaban J connectivity index is 1.47. The molecule has 1 aromatic carbocycles. The normalized spacial score (nSPS) is 19.2. The van der Waals surface area contributed by atoms with Gasteiger partial charge in [0.25, 0.3) is 0 Å². The first-order valence-electron chi connectivity index (χ1n) is 12.0. The molecule has 158 valence electrons. The summed E-state index contributed by atoms with van der Waals surface area (Å²) in [6.45, 7) is 5.26. The van der Waals surface area contributed by atoms with Gasteiger partial charge in [-0.25, -0.2) is 0 Å². The van der Waals surface area contributed by atoms with Crippen molar-refractivity contribution in [3.05, 3.63) is 48.2 Å². The van der Waals surface area contributed by atoms with Crippen LogP contribution in [0.2, 0.25) is 0 Å². The average molecular weight is 394 g/mol. The highest BCUT2D eigenvalue weighted by Crippen LogP contribution is 2.34. The molecule has 2 heteroatoms. The molecule has 3 rings (SSSR count). The Kier molecular flexibility index (Phi) is 9.05. The number of benzene rings is 1. The van der Waals surface area contributed by atoms with E-state index in [0.29, 0.717) is 0 Å². The molecule has 1 fully saturated rings. The molecule has 1 aliphatic carbocycles. The molecule has 0 N–H and O–H groups in total. The lowest BCUT2D eigenvalue weighted by Gasteiger charge is -2.29. The topological polar surface area (TPSA) is 22.1 Å². The van der Waals surface area contributed by atoms with Crippen LogP contribution in [0.3, 0.4) is 0 Å². The summed E-state index contributed by atoms with van der Waals surface area (Å²) in [5.74, 6) is 2.80. The number of rotatable bonds is 11. The summed E-state index contributed by atoms with van der Waals surface area (Å²) < 4.78 is 5.71. The van der Waals surface area contributed by atoms with Crippen molar-refractivity contribution in [2.75, 3.05) is 6.61 Å². The van der Waals surface area contributed by atoms with E-state index < -0.39 is 0 Å². The number of aryl methyl sites for hydroxylation is 1. The van der Waals surface area contributed by atoms with Crippen molar-refractivity contribution >= 4 is 0 Å². The number of hydrogen-bond acceptors (Lipinski definition) is 2. The Bertz CT molecular complexity index is 691. The fourth-order valence-electron chi connectivity index (χ4n) is 4.60. The lowest BCUT2D eigenvalue weighted by atomic mass is 9.77. The van der Waals surface area contributed by atoms with Crippen LogP contribution in [0.1, 0.15) is 83.6 Å². The van der Waals surface area contributed by atoms with E-state index in [1.54, 1.807) is 0 Å². The number of nitrogens with zero attached hydrogens (tertiary/aromatic N) is 1. The van der Waals surface area contributed by atoms with Gasteiger partial charge in [-0.05, 0) is 55.2 Å². The molecule has 1 heterocycles. The average Bonchev–Trinajstić information content (AvgIpc) is 2.78. The minimum Gasteiger partial charge on any atom is -0.492 e. The van der Waals surface area contributed by atoms with Crippen LogP contribution in [-0.4, -0.2) is 11.6 Å². The van der Waals surface area contributed by atoms with Crippen molar-refractivity contribution in [2.45, 2.75) is 84.5 Å². The molecule has 2 aromatic rings. The van der Waals surface area contributed by atoms with Crippen LogP contribution in [-0.2, 0) is 6.42 Å². The van der Waals surface area contributed by atoms with E-state index in [1.165, 1.54) is 68.9 Å². The van der Waals surface area contributed by atoms with Gasteiger partial charge in [0.1, 0.15) is 5.75 Å². The van der Waals surface area contributed by atoms with Gasteiger partial charge in [0.15, 0.2) is 0 Å². The molecule has 1 saturated carbocycles. The molecule has 0 spiro atoms. The minimum atomic E-state index is 0.770. The zero-order valence-electron chi connectivity index (χ0n) is 18.5. The predicted molar refractivity (Wildman–Crippen MR) is 123 cm³/mol. The van der Waals surface area contributed by atoms with Crippen molar-refractivity contribution in [1.82, 2.24) is 4.98 Å². The molecule has 0 bridgehead atoms. The van der Waals surface area contributed by atoms with E-state index in [-0.39, 0.29) is 0 Å². The third-order valence-corrected chi connectivity index (χ3v) is 6.45. The maximum absolute atomic E-state index is 5.71. The summed E-state index contributed by atoms with van der Waals surface area (Å²) in [4.78, 5) is 4.58. The molecule has 2 unspecified atom stereocenters. The predicted octanol–water partition coefficient (Wildman–Crippen LogP) is 7.86. The number of unbranched alkanes of at least 4 members (excludes halogenated alkanes) is 2. The Morgan fingerprint density at radius 1 is 0.897 bits per heavy atom. The smallest absolute Gasteiger partial charge is 0.137 e. The maximum atomic E-state index is 5.71. The summed E-state index contributed by atoms with van der Waals surface area (Å²) in [6, 6.07) is 13.1. The number of aromatic nitrogens is 1. The van der Waals surface area contributed by atoms with Gasteiger partial charge >= 0.3 is 0 Å². The summed E-state index contributed by atoms with van der Waals surface area (Å²) >= 11 is 0. The lowest BCUT2D eigenvalue weighted by Crippen LogP contribution is -2.16. The fraction of sp³-hybridized carbons (Fsp3) is 0.593. The molecule has 2 atom stereocenters. The van der Waals surface area contributed by atoms with E-state index in [0.717, 1.165) is 42.7 Å². The van der Waals surface area contributed by atoms with Crippen molar-refractivity contribution in [2.24, 2.45) is 11.8 Å². The zero-order valence-corrected chi connectivity index (χ0v) is 18.5. The monoisotopic (exact) mass is 393 g/mol. The molecule has 0 radical (unpaired) electrons. The first kappa shape index (κ1) is 21.9. The molecule has 1 aromatic heterocycles. The van der Waals surface area contributed by atoms with Gasteiger partial charge in [-0.2, -0.15) is 0 Å². The highest BCUT2D eigenvalue weighted by atomic mass is 16.5. The summed E-state index contributed by atoms with van der Waals surface area (Å²) in [5.41, 5.74) is 3.67. The van der Waals surface area contributed by atoms with E-state index >= 15 is 0 Å². The molecular weight excluding hydrogens is 354 g/mol. The quantitative estimate of drug-likeness (QED) is 0.362. The largest absolute Gasteiger partial charge is 0.492 e. The van der Waals surface area contributed by atoms with Crippen molar-refractivity contribution in [3.63, 3.8) is 0 Å². The fourth-order valence-corrected chi connectivity index (χ4v) is 4.60. The first-order chi connectivity index (χ1) is 14.3. The number of pyridine rings is 1. The Morgan fingerprint density at radius 2 is 1.66 bits per heavy atom. The van der Waals surface area contributed by atoms with Crippen LogP contribution in [0.25, 0.3) is 11.3 Å². The van der Waals surface area contributed by atoms with Crippen LogP contribution in [0.5, 0.6) is 5.75 Å². The van der Waals surface area contributed by atoms with Crippen LogP contribution >= 0.6 is 0 Å². The van der Waals surface area contributed by atoms with Crippen LogP contribution in [0.15, 0.2) is 42.6 Å². The molecule has 0 amide bonds. The second-order valence-corrected chi connectivity index (χ2v) is 8.86. The summed E-state index contributed by atoms with van der Waals surface area (Å²) in [7, 11) is 0. The highest BCUT2D eigenvalue weighted by Gasteiger charge is 2.21. The second-order valence-electron chi connectivity index (χ2n) is 8.86. The van der Waals surface area contributed by atoms with Crippen LogP contribution in [0.4, 0.5) is 0 Å². The second kappa shape index (κ2) is 12.0. The van der Waals surface area contributed by atoms with Gasteiger partial charge in [0, 0.05) is 5.56 Å². The van der Waals surface area contributed by atoms with Crippen molar-refractivity contribution in [3.8, 4) is 17.0 Å². The van der Waals surface area contributed by atoms with Crippen molar-refractivity contribution < 1.29 is 4.74 Å². The van der Waals surface area contributed by atoms with Gasteiger partial charge in [-0.1, -0.05) is 83.1 Å². The van der Waals surface area contributed by atoms with Gasteiger partial charge in [-0.15, -0.1) is 0 Å². The molecule has 1 aliphatic rings. The van der Waals surface area contributed by atoms with Crippen molar-refractivity contribution in [1.29, 1.82) is 0 Å². The SMILES string of the molecule is CCCCOc1ccc(-c2ccc(CCC3CCCC(CCCC)C3)cc2)nc1. The molecule has 2 nitrogen and oxygen atoms in total. The van der Waals surface area contributed by atoms with Gasteiger partial charge in [0.2, 0.25) is 0 Å². The summed E-state index contributed by atoms with van der Waals surface area (Å²) in [6.07, 6.45) is 16.7. The van der Waals surface area contributed by atoms with Gasteiger partial charge in [-0.3, -0.25) is 4.98 Å². The standard InChI is InChI=1S/C27H39NO/c1-3-5-8-23-9-7-10-24(20-23)12-11-22-13-15-25(16-14-22)27-18-17-26(21-28-27)29-19-6-4-2/h13-18,21,23-24H,3-12,19-20H2,1-2H3. The number of ether oxygens (including phenoxy) is 1. The Labute approximate surface area is 178 Å². The Morgan fingerprint density at radius 3 is 2.34 bits per heavy atom. The Hall–Kier alpha value is -1.83. The van der Waals surface area contributed by atoms with E-state index in [4.69, 9.17) is 4.74 Å². The van der Waals surface area contributed by atoms with Gasteiger partial charge in [0.05, 0.1) is 18.5 Å². The molecule has 29 heavy (non-hydrogen) atoms.